The molecule has 0 fully saturated rings. The molecule has 0 aliphatic carbocycles. The number of carbonyl (C=O) groups is 1. The highest BCUT2D eigenvalue weighted by molar-refractivity contribution is 5.86. The molecule has 1 amide bonds. The molecular formula is C14H22N2O3. The van der Waals surface area contributed by atoms with Gasteiger partial charge in [0.1, 0.15) is 5.54 Å². The van der Waals surface area contributed by atoms with Crippen LogP contribution in [0, 0.1) is 0 Å². The fraction of sp³-hybridized carbons (Fsp3) is 0.500. The lowest BCUT2D eigenvalue weighted by atomic mass is 9.91. The third kappa shape index (κ3) is 4.63. The van der Waals surface area contributed by atoms with Gasteiger partial charge in [0.05, 0.1) is 19.8 Å². The number of amides is 1. The number of primary amides is 1. The summed E-state index contributed by atoms with van der Waals surface area (Å²) in [5, 5.41) is 0. The minimum atomic E-state index is -1.30. The average Bonchev–Trinajstić information content (AvgIpc) is 2.43. The molecule has 5 nitrogen and oxygen atoms in total. The highest BCUT2D eigenvalue weighted by Gasteiger charge is 2.34. The molecule has 4 N–H and O–H groups in total. The maximum atomic E-state index is 11.6. The van der Waals surface area contributed by atoms with Crippen molar-refractivity contribution in [1.29, 1.82) is 0 Å². The molecule has 19 heavy (non-hydrogen) atoms. The van der Waals surface area contributed by atoms with Crippen LogP contribution in [0.4, 0.5) is 0 Å². The fourth-order valence-corrected chi connectivity index (χ4v) is 1.63. The van der Waals surface area contributed by atoms with Crippen LogP contribution in [0.3, 0.4) is 0 Å². The lowest BCUT2D eigenvalue weighted by Gasteiger charge is -2.26. The van der Waals surface area contributed by atoms with Gasteiger partial charge in [-0.05, 0) is 12.0 Å². The van der Waals surface area contributed by atoms with Gasteiger partial charge >= 0.3 is 0 Å². The molecule has 0 aromatic heterocycles. The van der Waals surface area contributed by atoms with Crippen LogP contribution in [0.15, 0.2) is 30.3 Å². The Morgan fingerprint density at radius 2 is 1.79 bits per heavy atom. The Kier molecular flexibility index (Phi) is 6.49. The molecule has 0 saturated carbocycles. The molecule has 5 heteroatoms. The Morgan fingerprint density at radius 1 is 1.16 bits per heavy atom. The van der Waals surface area contributed by atoms with Crippen molar-refractivity contribution in [1.82, 2.24) is 0 Å². The number of hydrogen-bond acceptors (Lipinski definition) is 4. The van der Waals surface area contributed by atoms with E-state index >= 15 is 0 Å². The van der Waals surface area contributed by atoms with Gasteiger partial charge < -0.3 is 20.9 Å². The second kappa shape index (κ2) is 7.89. The van der Waals surface area contributed by atoms with E-state index in [1.54, 1.807) is 12.1 Å². The Morgan fingerprint density at radius 3 is 2.37 bits per heavy atom. The summed E-state index contributed by atoms with van der Waals surface area (Å²) in [5.41, 5.74) is 10.8. The summed E-state index contributed by atoms with van der Waals surface area (Å²) in [6.45, 7) is 3.65. The highest BCUT2D eigenvalue weighted by atomic mass is 16.5. The maximum Gasteiger partial charge on any atom is 0.244 e. The summed E-state index contributed by atoms with van der Waals surface area (Å²) in [7, 11) is 0. The first-order chi connectivity index (χ1) is 9.11. The van der Waals surface area contributed by atoms with Crippen molar-refractivity contribution in [2.45, 2.75) is 18.9 Å². The van der Waals surface area contributed by atoms with Crippen LogP contribution in [0.2, 0.25) is 0 Å². The van der Waals surface area contributed by atoms with Gasteiger partial charge in [0.25, 0.3) is 0 Å². The van der Waals surface area contributed by atoms with Crippen LogP contribution < -0.4 is 11.5 Å². The van der Waals surface area contributed by atoms with Crippen molar-refractivity contribution >= 4 is 5.91 Å². The van der Waals surface area contributed by atoms with Crippen LogP contribution in [0.1, 0.15) is 18.9 Å². The van der Waals surface area contributed by atoms with E-state index in [9.17, 15) is 4.79 Å². The SMILES string of the molecule is CCCOCCOCC(N)(C(N)=O)c1ccccc1. The third-order valence-electron chi connectivity index (χ3n) is 2.78. The monoisotopic (exact) mass is 266 g/mol. The normalized spacial score (nSPS) is 14.0. The van der Waals surface area contributed by atoms with Crippen LogP contribution in [0.25, 0.3) is 0 Å². The molecule has 1 unspecified atom stereocenters. The summed E-state index contributed by atoms with van der Waals surface area (Å²) in [4.78, 5) is 11.6. The van der Waals surface area contributed by atoms with Crippen LogP contribution in [-0.4, -0.2) is 32.3 Å². The van der Waals surface area contributed by atoms with Crippen molar-refractivity contribution < 1.29 is 14.3 Å². The molecule has 1 atom stereocenters. The molecule has 0 heterocycles. The number of benzene rings is 1. The number of hydrogen-bond donors (Lipinski definition) is 2. The smallest absolute Gasteiger partial charge is 0.244 e. The Hall–Kier alpha value is -1.43. The van der Waals surface area contributed by atoms with Crippen LogP contribution in [0.5, 0.6) is 0 Å². The van der Waals surface area contributed by atoms with Gasteiger partial charge in [0.2, 0.25) is 5.91 Å². The summed E-state index contributed by atoms with van der Waals surface area (Å²) < 4.78 is 10.7. The van der Waals surface area contributed by atoms with Gasteiger partial charge in [-0.2, -0.15) is 0 Å². The van der Waals surface area contributed by atoms with Crippen LogP contribution in [-0.2, 0) is 19.8 Å². The summed E-state index contributed by atoms with van der Waals surface area (Å²) >= 11 is 0. The Balaban J connectivity index is 2.52. The predicted molar refractivity (Wildman–Crippen MR) is 73.4 cm³/mol. The van der Waals surface area contributed by atoms with E-state index in [1.165, 1.54) is 0 Å². The van der Waals surface area contributed by atoms with E-state index in [4.69, 9.17) is 20.9 Å². The second-order valence-electron chi connectivity index (χ2n) is 4.37. The van der Waals surface area contributed by atoms with E-state index in [-0.39, 0.29) is 6.61 Å². The molecule has 106 valence electrons. The minimum Gasteiger partial charge on any atom is -0.379 e. The van der Waals surface area contributed by atoms with Crippen molar-refractivity contribution in [3.05, 3.63) is 35.9 Å². The van der Waals surface area contributed by atoms with Gasteiger partial charge in [0, 0.05) is 6.61 Å². The van der Waals surface area contributed by atoms with E-state index in [0.29, 0.717) is 25.4 Å². The minimum absolute atomic E-state index is 0.0435. The zero-order chi connectivity index (χ0) is 14.1. The first-order valence-electron chi connectivity index (χ1n) is 6.41. The molecule has 0 saturated heterocycles. The standard InChI is InChI=1S/C14H22N2O3/c1-2-8-18-9-10-19-11-14(16,13(15)17)12-6-4-3-5-7-12/h3-7H,2,8-11,16H2,1H3,(H2,15,17). The largest absolute Gasteiger partial charge is 0.379 e. The van der Waals surface area contributed by atoms with Crippen molar-refractivity contribution in [2.75, 3.05) is 26.4 Å². The second-order valence-corrected chi connectivity index (χ2v) is 4.37. The van der Waals surface area contributed by atoms with Crippen molar-refractivity contribution in [3.63, 3.8) is 0 Å². The van der Waals surface area contributed by atoms with Crippen LogP contribution >= 0.6 is 0 Å². The van der Waals surface area contributed by atoms with E-state index < -0.39 is 11.4 Å². The molecule has 0 spiro atoms. The van der Waals surface area contributed by atoms with Gasteiger partial charge in [-0.15, -0.1) is 0 Å². The molecule has 0 aliphatic heterocycles. The molecular weight excluding hydrogens is 244 g/mol. The number of carbonyl (C=O) groups excluding carboxylic acids is 1. The van der Waals surface area contributed by atoms with Gasteiger partial charge in [-0.3, -0.25) is 4.79 Å². The van der Waals surface area contributed by atoms with Crippen molar-refractivity contribution in [2.24, 2.45) is 11.5 Å². The van der Waals surface area contributed by atoms with Gasteiger partial charge in [-0.1, -0.05) is 37.3 Å². The van der Waals surface area contributed by atoms with E-state index in [1.807, 2.05) is 25.1 Å². The molecule has 1 aromatic carbocycles. The lowest BCUT2D eigenvalue weighted by Crippen LogP contribution is -2.52. The summed E-state index contributed by atoms with van der Waals surface area (Å²) in [6, 6.07) is 9.00. The summed E-state index contributed by atoms with van der Waals surface area (Å²) in [6.07, 6.45) is 0.964. The maximum absolute atomic E-state index is 11.6. The zero-order valence-electron chi connectivity index (χ0n) is 11.3. The quantitative estimate of drug-likeness (QED) is 0.646. The predicted octanol–water partition coefficient (Wildman–Crippen LogP) is 0.769. The van der Waals surface area contributed by atoms with E-state index in [0.717, 1.165) is 6.42 Å². The van der Waals surface area contributed by atoms with Gasteiger partial charge in [-0.25, -0.2) is 0 Å². The average molecular weight is 266 g/mol. The Bertz CT molecular complexity index is 384. The molecule has 1 rings (SSSR count). The highest BCUT2D eigenvalue weighted by Crippen LogP contribution is 2.18. The lowest BCUT2D eigenvalue weighted by molar-refractivity contribution is -0.126. The number of rotatable bonds is 9. The Labute approximate surface area is 113 Å². The molecule has 0 aliphatic rings. The summed E-state index contributed by atoms with van der Waals surface area (Å²) in [5.74, 6) is -0.604. The topological polar surface area (TPSA) is 87.6 Å². The number of nitrogens with two attached hydrogens (primary N) is 2. The molecule has 0 radical (unpaired) electrons. The zero-order valence-corrected chi connectivity index (χ0v) is 11.3. The number of ether oxygens (including phenoxy) is 2. The third-order valence-corrected chi connectivity index (χ3v) is 2.78. The molecule has 1 aromatic rings. The van der Waals surface area contributed by atoms with E-state index in [2.05, 4.69) is 0 Å². The van der Waals surface area contributed by atoms with Gasteiger partial charge in [0.15, 0.2) is 0 Å². The molecule has 0 bridgehead atoms. The fourth-order valence-electron chi connectivity index (χ4n) is 1.63. The first kappa shape index (κ1) is 15.6. The van der Waals surface area contributed by atoms with Crippen molar-refractivity contribution in [3.8, 4) is 0 Å². The first-order valence-corrected chi connectivity index (χ1v) is 6.41.